The number of amides is 1. The van der Waals surface area contributed by atoms with Crippen LogP contribution < -0.4 is 10.0 Å². The number of carbonyl (C=O) groups excluding carboxylic acids is 1. The Morgan fingerprint density at radius 1 is 0.923 bits per heavy atom. The molecule has 0 fully saturated rings. The summed E-state index contributed by atoms with van der Waals surface area (Å²) < 4.78 is 65.2. The molecule has 0 atom stereocenters. The van der Waals surface area contributed by atoms with Crippen LogP contribution >= 0.6 is 0 Å². The van der Waals surface area contributed by atoms with Crippen LogP contribution in [0.1, 0.15) is 31.1 Å². The van der Waals surface area contributed by atoms with E-state index < -0.39 is 43.8 Å². The lowest BCUT2D eigenvalue weighted by molar-refractivity contribution is 0.102. The molecule has 2 aromatic rings. The molecule has 9 heteroatoms. The lowest BCUT2D eigenvalue weighted by Crippen LogP contribution is -2.33. The molecule has 0 heterocycles. The van der Waals surface area contributed by atoms with Gasteiger partial charge in [-0.1, -0.05) is 0 Å². The highest BCUT2D eigenvalue weighted by molar-refractivity contribution is 7.94. The minimum atomic E-state index is -3.62. The van der Waals surface area contributed by atoms with Crippen LogP contribution in [-0.2, 0) is 10.0 Å². The van der Waals surface area contributed by atoms with Crippen molar-refractivity contribution in [3.05, 3.63) is 59.4 Å². The Balaban J connectivity index is 2.16. The SMILES string of the molecule is CC(C)(C)S(=O)(=O)Nc1ccc(C(=O)Nc2ccc(F)c(F)c2F)cc1. The second kappa shape index (κ2) is 6.99. The Hall–Kier alpha value is -2.55. The maximum atomic E-state index is 13.6. The van der Waals surface area contributed by atoms with Crippen LogP contribution in [0.25, 0.3) is 0 Å². The third kappa shape index (κ3) is 4.16. The van der Waals surface area contributed by atoms with E-state index in [9.17, 15) is 26.4 Å². The van der Waals surface area contributed by atoms with Crippen molar-refractivity contribution in [3.63, 3.8) is 0 Å². The Morgan fingerprint density at radius 3 is 2.04 bits per heavy atom. The van der Waals surface area contributed by atoms with E-state index in [1.807, 2.05) is 0 Å². The average molecular weight is 386 g/mol. The number of sulfonamides is 1. The molecule has 1 amide bonds. The van der Waals surface area contributed by atoms with E-state index in [-0.39, 0.29) is 11.3 Å². The number of rotatable bonds is 4. The van der Waals surface area contributed by atoms with Crippen LogP contribution in [0.4, 0.5) is 24.5 Å². The fraction of sp³-hybridized carbons (Fsp3) is 0.235. The molecule has 0 unspecified atom stereocenters. The maximum Gasteiger partial charge on any atom is 0.255 e. The first-order valence-corrected chi connectivity index (χ1v) is 8.98. The predicted molar refractivity (Wildman–Crippen MR) is 93.0 cm³/mol. The second-order valence-corrected chi connectivity index (χ2v) is 8.91. The summed E-state index contributed by atoms with van der Waals surface area (Å²) in [6, 6.07) is 6.94. The molecule has 0 aromatic heterocycles. The van der Waals surface area contributed by atoms with Gasteiger partial charge in [0, 0.05) is 11.3 Å². The molecule has 0 saturated carbocycles. The van der Waals surface area contributed by atoms with Gasteiger partial charge in [-0.15, -0.1) is 0 Å². The van der Waals surface area contributed by atoms with Crippen molar-refractivity contribution in [1.82, 2.24) is 0 Å². The number of nitrogens with one attached hydrogen (secondary N) is 2. The number of halogens is 3. The summed E-state index contributed by atoms with van der Waals surface area (Å²) in [6.45, 7) is 4.61. The largest absolute Gasteiger partial charge is 0.319 e. The predicted octanol–water partition coefficient (Wildman–Crippen LogP) is 3.90. The Kier molecular flexibility index (Phi) is 5.31. The van der Waals surface area contributed by atoms with Crippen LogP contribution in [0.3, 0.4) is 0 Å². The van der Waals surface area contributed by atoms with Crippen LogP contribution in [0.5, 0.6) is 0 Å². The molecule has 5 nitrogen and oxygen atoms in total. The molecule has 2 N–H and O–H groups in total. The number of hydrogen-bond acceptors (Lipinski definition) is 3. The van der Waals surface area contributed by atoms with Crippen molar-refractivity contribution in [2.45, 2.75) is 25.5 Å². The van der Waals surface area contributed by atoms with E-state index >= 15 is 0 Å². The monoisotopic (exact) mass is 386 g/mol. The molecule has 0 radical (unpaired) electrons. The van der Waals surface area contributed by atoms with Crippen LogP contribution in [0.15, 0.2) is 36.4 Å². The van der Waals surface area contributed by atoms with Gasteiger partial charge in [0.15, 0.2) is 17.5 Å². The molecule has 0 bridgehead atoms. The van der Waals surface area contributed by atoms with Crippen LogP contribution in [-0.4, -0.2) is 19.1 Å². The van der Waals surface area contributed by atoms with Crippen LogP contribution in [0.2, 0.25) is 0 Å². The number of benzene rings is 2. The third-order valence-electron chi connectivity index (χ3n) is 3.49. The highest BCUT2D eigenvalue weighted by Crippen LogP contribution is 2.22. The van der Waals surface area contributed by atoms with Gasteiger partial charge in [-0.25, -0.2) is 21.6 Å². The first-order valence-electron chi connectivity index (χ1n) is 7.49. The lowest BCUT2D eigenvalue weighted by atomic mass is 10.2. The number of anilines is 2. The summed E-state index contributed by atoms with van der Waals surface area (Å²) in [7, 11) is -3.62. The van der Waals surface area contributed by atoms with E-state index in [1.54, 1.807) is 0 Å². The normalized spacial score (nSPS) is 11.9. The van der Waals surface area contributed by atoms with E-state index in [4.69, 9.17) is 0 Å². The summed E-state index contributed by atoms with van der Waals surface area (Å²) in [4.78, 5) is 12.1. The third-order valence-corrected chi connectivity index (χ3v) is 5.61. The standard InChI is InChI=1S/C17H17F3N2O3S/c1-17(2,3)26(24,25)22-11-6-4-10(5-7-11)16(23)21-13-9-8-12(18)14(19)15(13)20/h4-9,22H,1-3H3,(H,21,23). The summed E-state index contributed by atoms with van der Waals surface area (Å²) in [6.07, 6.45) is 0. The van der Waals surface area contributed by atoms with Crippen molar-refractivity contribution in [3.8, 4) is 0 Å². The Bertz CT molecular complexity index is 937. The minimum Gasteiger partial charge on any atom is -0.319 e. The fourth-order valence-electron chi connectivity index (χ4n) is 1.81. The Morgan fingerprint density at radius 2 is 1.50 bits per heavy atom. The lowest BCUT2D eigenvalue weighted by Gasteiger charge is -2.20. The molecule has 2 aromatic carbocycles. The molecule has 140 valence electrons. The molecule has 0 spiro atoms. The van der Waals surface area contributed by atoms with Gasteiger partial charge in [0.05, 0.1) is 10.4 Å². The van der Waals surface area contributed by atoms with Gasteiger partial charge in [-0.3, -0.25) is 9.52 Å². The summed E-state index contributed by atoms with van der Waals surface area (Å²) in [5.74, 6) is -5.32. The first kappa shape index (κ1) is 19.8. The van der Waals surface area contributed by atoms with E-state index in [0.717, 1.165) is 6.07 Å². The summed E-state index contributed by atoms with van der Waals surface area (Å²) in [5.41, 5.74) is -0.185. The van der Waals surface area contributed by atoms with Crippen molar-refractivity contribution < 1.29 is 26.4 Å². The quantitative estimate of drug-likeness (QED) is 0.783. The molecule has 26 heavy (non-hydrogen) atoms. The topological polar surface area (TPSA) is 75.3 Å². The average Bonchev–Trinajstić information content (AvgIpc) is 2.54. The highest BCUT2D eigenvalue weighted by atomic mass is 32.2. The van der Waals surface area contributed by atoms with Gasteiger partial charge in [0.1, 0.15) is 0 Å². The van der Waals surface area contributed by atoms with E-state index in [2.05, 4.69) is 10.0 Å². The number of hydrogen-bond donors (Lipinski definition) is 2. The zero-order valence-corrected chi connectivity index (χ0v) is 15.0. The molecular formula is C17H17F3N2O3S. The van der Waals surface area contributed by atoms with E-state index in [0.29, 0.717) is 6.07 Å². The maximum absolute atomic E-state index is 13.6. The second-order valence-electron chi connectivity index (χ2n) is 6.47. The fourth-order valence-corrected chi connectivity index (χ4v) is 2.57. The smallest absolute Gasteiger partial charge is 0.255 e. The van der Waals surface area contributed by atoms with Crippen molar-refractivity contribution in [2.75, 3.05) is 10.0 Å². The molecule has 0 aliphatic heterocycles. The molecule has 0 saturated heterocycles. The van der Waals surface area contributed by atoms with Gasteiger partial charge in [0.25, 0.3) is 5.91 Å². The van der Waals surface area contributed by atoms with Gasteiger partial charge >= 0.3 is 0 Å². The van der Waals surface area contributed by atoms with Gasteiger partial charge in [0.2, 0.25) is 10.0 Å². The molecule has 2 rings (SSSR count). The summed E-state index contributed by atoms with van der Waals surface area (Å²) in [5, 5.41) is 2.13. The van der Waals surface area contributed by atoms with E-state index in [1.165, 1.54) is 45.0 Å². The van der Waals surface area contributed by atoms with Crippen molar-refractivity contribution in [2.24, 2.45) is 0 Å². The van der Waals surface area contributed by atoms with Crippen molar-refractivity contribution >= 4 is 27.3 Å². The van der Waals surface area contributed by atoms with Crippen LogP contribution in [0, 0.1) is 17.5 Å². The molecular weight excluding hydrogens is 369 g/mol. The van der Waals surface area contributed by atoms with Gasteiger partial charge < -0.3 is 5.32 Å². The zero-order valence-electron chi connectivity index (χ0n) is 14.2. The minimum absolute atomic E-state index is 0.0767. The first-order chi connectivity index (χ1) is 11.9. The Labute approximate surface area is 149 Å². The van der Waals surface area contributed by atoms with Gasteiger partial charge in [-0.05, 0) is 57.2 Å². The highest BCUT2D eigenvalue weighted by Gasteiger charge is 2.28. The number of carbonyl (C=O) groups is 1. The zero-order chi connectivity index (χ0) is 19.7. The van der Waals surface area contributed by atoms with Gasteiger partial charge in [-0.2, -0.15) is 0 Å². The molecule has 0 aliphatic rings. The molecule has 0 aliphatic carbocycles. The van der Waals surface area contributed by atoms with Crippen molar-refractivity contribution in [1.29, 1.82) is 0 Å². The summed E-state index contributed by atoms with van der Waals surface area (Å²) >= 11 is 0.